The number of aromatic hydroxyl groups is 1. The second-order valence-electron chi connectivity index (χ2n) is 4.33. The fourth-order valence-electron chi connectivity index (χ4n) is 1.69. The van der Waals surface area contributed by atoms with E-state index in [0.717, 1.165) is 16.2 Å². The van der Waals surface area contributed by atoms with E-state index in [-0.39, 0.29) is 17.2 Å². The molecule has 1 N–H and O–H groups in total. The Labute approximate surface area is 126 Å². The molecule has 0 aliphatic rings. The van der Waals surface area contributed by atoms with Crippen molar-refractivity contribution in [1.29, 1.82) is 0 Å². The van der Waals surface area contributed by atoms with Crippen molar-refractivity contribution in [3.63, 3.8) is 0 Å². The largest absolute Gasteiger partial charge is 0.508 e. The van der Waals surface area contributed by atoms with Crippen molar-refractivity contribution in [2.45, 2.75) is 23.1 Å². The third kappa shape index (κ3) is 4.13. The molecule has 21 heavy (non-hydrogen) atoms. The lowest BCUT2D eigenvalue weighted by Crippen LogP contribution is -1.99. The van der Waals surface area contributed by atoms with Gasteiger partial charge in [-0.05, 0) is 36.8 Å². The molecule has 2 aromatic carbocycles. The monoisotopic (exact) mass is 305 g/mol. The Bertz CT molecular complexity index is 628. The van der Waals surface area contributed by atoms with E-state index in [1.807, 2.05) is 6.92 Å². The van der Waals surface area contributed by atoms with Gasteiger partial charge in [-0.3, -0.25) is 10.1 Å². The molecular weight excluding hydrogens is 290 g/mol. The molecule has 0 aliphatic carbocycles. The Hall–Kier alpha value is -2.21. The van der Waals surface area contributed by atoms with Crippen LogP contribution in [0.2, 0.25) is 0 Å². The minimum atomic E-state index is -0.444. The summed E-state index contributed by atoms with van der Waals surface area (Å²) in [7, 11) is 0. The molecular formula is C15H15NO4S. The summed E-state index contributed by atoms with van der Waals surface area (Å²) >= 11 is 1.45. The van der Waals surface area contributed by atoms with E-state index in [2.05, 4.69) is 0 Å². The lowest BCUT2D eigenvalue weighted by atomic mass is 10.3. The predicted molar refractivity (Wildman–Crippen MR) is 81.1 cm³/mol. The normalized spacial score (nSPS) is 10.3. The number of hydrogen-bond acceptors (Lipinski definition) is 5. The zero-order valence-corrected chi connectivity index (χ0v) is 12.3. The highest BCUT2D eigenvalue weighted by molar-refractivity contribution is 7.99. The van der Waals surface area contributed by atoms with Crippen LogP contribution in [-0.2, 0) is 0 Å². The Balaban J connectivity index is 2.23. The molecule has 0 fully saturated rings. The summed E-state index contributed by atoms with van der Waals surface area (Å²) < 4.78 is 5.45. The predicted octanol–water partition coefficient (Wildman–Crippen LogP) is 4.24. The molecule has 0 aliphatic heterocycles. The van der Waals surface area contributed by atoms with Crippen LogP contribution in [-0.4, -0.2) is 16.6 Å². The van der Waals surface area contributed by atoms with Crippen molar-refractivity contribution in [1.82, 2.24) is 0 Å². The van der Waals surface area contributed by atoms with E-state index in [1.54, 1.807) is 36.4 Å². The molecule has 5 nitrogen and oxygen atoms in total. The van der Waals surface area contributed by atoms with Crippen LogP contribution in [0.4, 0.5) is 5.69 Å². The number of hydrogen-bond donors (Lipinski definition) is 1. The maximum atomic E-state index is 11.0. The number of ether oxygens (including phenoxy) is 1. The summed E-state index contributed by atoms with van der Waals surface area (Å²) in [6.45, 7) is 2.38. The smallest absolute Gasteiger partial charge is 0.310 e. The molecule has 110 valence electrons. The van der Waals surface area contributed by atoms with Crippen LogP contribution in [0.1, 0.15) is 13.3 Å². The molecule has 0 atom stereocenters. The zero-order chi connectivity index (χ0) is 15.2. The van der Waals surface area contributed by atoms with Gasteiger partial charge in [-0.15, -0.1) is 0 Å². The van der Waals surface area contributed by atoms with Crippen molar-refractivity contribution in [2.24, 2.45) is 0 Å². The first kappa shape index (κ1) is 15.2. The average molecular weight is 305 g/mol. The number of rotatable bonds is 6. The highest BCUT2D eigenvalue weighted by atomic mass is 32.2. The SMILES string of the molecule is CCCOc1cc(Sc2ccc(O)cc2)ccc1[N+](=O)[O-]. The van der Waals surface area contributed by atoms with E-state index in [1.165, 1.54) is 17.8 Å². The van der Waals surface area contributed by atoms with Gasteiger partial charge in [0.1, 0.15) is 5.75 Å². The van der Waals surface area contributed by atoms with Gasteiger partial charge in [0, 0.05) is 21.9 Å². The third-order valence-electron chi connectivity index (χ3n) is 2.66. The molecule has 0 heterocycles. The van der Waals surface area contributed by atoms with Crippen molar-refractivity contribution in [3.05, 3.63) is 52.6 Å². The summed E-state index contributed by atoms with van der Waals surface area (Å²) in [5, 5.41) is 20.2. The Morgan fingerprint density at radius 1 is 1.19 bits per heavy atom. The number of nitro groups is 1. The molecule has 0 amide bonds. The van der Waals surface area contributed by atoms with Crippen LogP contribution < -0.4 is 4.74 Å². The van der Waals surface area contributed by atoms with Gasteiger partial charge in [0.15, 0.2) is 5.75 Å². The van der Waals surface area contributed by atoms with Crippen molar-refractivity contribution >= 4 is 17.4 Å². The van der Waals surface area contributed by atoms with Gasteiger partial charge in [0.25, 0.3) is 0 Å². The average Bonchev–Trinajstić information content (AvgIpc) is 2.47. The van der Waals surface area contributed by atoms with Crippen LogP contribution in [0.3, 0.4) is 0 Å². The van der Waals surface area contributed by atoms with Crippen molar-refractivity contribution in [2.75, 3.05) is 6.61 Å². The lowest BCUT2D eigenvalue weighted by Gasteiger charge is -2.08. The molecule has 0 aromatic heterocycles. The van der Waals surface area contributed by atoms with Gasteiger partial charge in [-0.2, -0.15) is 0 Å². The fourth-order valence-corrected chi connectivity index (χ4v) is 2.53. The number of benzene rings is 2. The summed E-state index contributed by atoms with van der Waals surface area (Å²) in [6, 6.07) is 11.6. The minimum Gasteiger partial charge on any atom is -0.508 e. The van der Waals surface area contributed by atoms with E-state index in [9.17, 15) is 15.2 Å². The molecule has 2 aromatic rings. The van der Waals surface area contributed by atoms with Crippen molar-refractivity contribution in [3.8, 4) is 11.5 Å². The van der Waals surface area contributed by atoms with E-state index in [4.69, 9.17) is 4.74 Å². The second-order valence-corrected chi connectivity index (χ2v) is 5.48. The quantitative estimate of drug-likeness (QED) is 0.638. The van der Waals surface area contributed by atoms with E-state index >= 15 is 0 Å². The number of phenolic OH excluding ortho intramolecular Hbond substituents is 1. The molecule has 0 unspecified atom stereocenters. The molecule has 0 radical (unpaired) electrons. The first-order chi connectivity index (χ1) is 10.1. The number of phenols is 1. The summed E-state index contributed by atoms with van der Waals surface area (Å²) in [6.07, 6.45) is 0.784. The van der Waals surface area contributed by atoms with Crippen LogP contribution in [0.5, 0.6) is 11.5 Å². The van der Waals surface area contributed by atoms with Crippen LogP contribution in [0, 0.1) is 10.1 Å². The van der Waals surface area contributed by atoms with Gasteiger partial charge >= 0.3 is 5.69 Å². The molecule has 0 saturated heterocycles. The number of nitrogens with zero attached hydrogens (tertiary/aromatic N) is 1. The highest BCUT2D eigenvalue weighted by Crippen LogP contribution is 2.35. The first-order valence-electron chi connectivity index (χ1n) is 6.48. The van der Waals surface area contributed by atoms with E-state index < -0.39 is 4.92 Å². The number of nitro benzene ring substituents is 1. The zero-order valence-electron chi connectivity index (χ0n) is 11.5. The summed E-state index contributed by atoms with van der Waals surface area (Å²) in [5.74, 6) is 0.487. The van der Waals surface area contributed by atoms with Crippen LogP contribution in [0.25, 0.3) is 0 Å². The highest BCUT2D eigenvalue weighted by Gasteiger charge is 2.15. The molecule has 0 bridgehead atoms. The Kier molecular flexibility index (Phi) is 5.05. The van der Waals surface area contributed by atoms with Gasteiger partial charge in [0.05, 0.1) is 11.5 Å². The molecule has 0 saturated carbocycles. The lowest BCUT2D eigenvalue weighted by molar-refractivity contribution is -0.385. The third-order valence-corrected chi connectivity index (χ3v) is 3.66. The van der Waals surface area contributed by atoms with Crippen molar-refractivity contribution < 1.29 is 14.8 Å². The molecule has 0 spiro atoms. The first-order valence-corrected chi connectivity index (χ1v) is 7.30. The van der Waals surface area contributed by atoms with Gasteiger partial charge in [0.2, 0.25) is 0 Å². The van der Waals surface area contributed by atoms with Gasteiger partial charge in [-0.25, -0.2) is 0 Å². The maximum absolute atomic E-state index is 11.0. The van der Waals surface area contributed by atoms with Gasteiger partial charge in [-0.1, -0.05) is 18.7 Å². The molecule has 2 rings (SSSR count). The second kappa shape index (κ2) is 6.99. The molecule has 6 heteroatoms. The van der Waals surface area contributed by atoms with E-state index in [0.29, 0.717) is 6.61 Å². The summed E-state index contributed by atoms with van der Waals surface area (Å²) in [5.41, 5.74) is -0.0292. The van der Waals surface area contributed by atoms with Crippen LogP contribution in [0.15, 0.2) is 52.3 Å². The Morgan fingerprint density at radius 3 is 2.48 bits per heavy atom. The summed E-state index contributed by atoms with van der Waals surface area (Å²) in [4.78, 5) is 12.3. The fraction of sp³-hybridized carbons (Fsp3) is 0.200. The topological polar surface area (TPSA) is 72.6 Å². The standard InChI is InChI=1S/C15H15NO4S/c1-2-9-20-15-10-13(7-8-14(15)16(18)19)21-12-5-3-11(17)4-6-12/h3-8,10,17H,2,9H2,1H3. The maximum Gasteiger partial charge on any atom is 0.310 e. The minimum absolute atomic E-state index is 0.0292. The van der Waals surface area contributed by atoms with Gasteiger partial charge < -0.3 is 9.84 Å². The Morgan fingerprint density at radius 2 is 1.86 bits per heavy atom. The van der Waals surface area contributed by atoms with Crippen LogP contribution >= 0.6 is 11.8 Å².